The molecular formula is C14H15NO2. The van der Waals surface area contributed by atoms with Crippen LogP contribution in [0.15, 0.2) is 30.6 Å². The molecule has 0 radical (unpaired) electrons. The van der Waals surface area contributed by atoms with Crippen molar-refractivity contribution in [2.24, 2.45) is 0 Å². The van der Waals surface area contributed by atoms with Crippen LogP contribution in [0.1, 0.15) is 30.1 Å². The predicted molar refractivity (Wildman–Crippen MR) is 67.5 cm³/mol. The summed E-state index contributed by atoms with van der Waals surface area (Å²) in [5, 5.41) is 1.79. The van der Waals surface area contributed by atoms with E-state index in [1.807, 2.05) is 12.1 Å². The Kier molecular flexibility index (Phi) is 3.70. The summed E-state index contributed by atoms with van der Waals surface area (Å²) in [5.74, 6) is 0.821. The van der Waals surface area contributed by atoms with Gasteiger partial charge in [-0.2, -0.15) is 0 Å². The van der Waals surface area contributed by atoms with Gasteiger partial charge in [0.15, 0.2) is 6.29 Å². The Balaban J connectivity index is 2.40. The molecular weight excluding hydrogens is 214 g/mol. The summed E-state index contributed by atoms with van der Waals surface area (Å²) in [6.45, 7) is 2.83. The number of carbonyl (C=O) groups is 1. The van der Waals surface area contributed by atoms with Gasteiger partial charge in [-0.1, -0.05) is 13.3 Å². The normalized spacial score (nSPS) is 10.4. The highest BCUT2D eigenvalue weighted by Gasteiger charge is 2.06. The van der Waals surface area contributed by atoms with Crippen LogP contribution < -0.4 is 4.74 Å². The van der Waals surface area contributed by atoms with Crippen LogP contribution in [-0.4, -0.2) is 17.9 Å². The number of hydrogen-bond acceptors (Lipinski definition) is 3. The standard InChI is InChI=1S/C14H15NO2/c1-2-3-8-17-14-5-4-11(10-16)13-9-15-7-6-12(13)14/h4-7,9-10H,2-3,8H2,1H3. The number of nitrogens with zero attached hydrogens (tertiary/aromatic N) is 1. The van der Waals surface area contributed by atoms with Gasteiger partial charge in [-0.3, -0.25) is 9.78 Å². The summed E-state index contributed by atoms with van der Waals surface area (Å²) in [5.41, 5.74) is 0.649. The first-order valence-corrected chi connectivity index (χ1v) is 5.81. The van der Waals surface area contributed by atoms with Gasteiger partial charge in [0.25, 0.3) is 0 Å². The number of fused-ring (bicyclic) bond motifs is 1. The highest BCUT2D eigenvalue weighted by atomic mass is 16.5. The molecule has 0 fully saturated rings. The molecule has 2 aromatic rings. The molecule has 88 valence electrons. The quantitative estimate of drug-likeness (QED) is 0.583. The van der Waals surface area contributed by atoms with E-state index in [-0.39, 0.29) is 0 Å². The van der Waals surface area contributed by atoms with E-state index in [9.17, 15) is 4.79 Å². The molecule has 2 rings (SSSR count). The lowest BCUT2D eigenvalue weighted by Gasteiger charge is -2.09. The lowest BCUT2D eigenvalue weighted by atomic mass is 10.1. The highest BCUT2D eigenvalue weighted by molar-refractivity contribution is 6.00. The molecule has 1 aromatic heterocycles. The second-order valence-corrected chi connectivity index (χ2v) is 3.89. The van der Waals surface area contributed by atoms with Crippen molar-refractivity contribution in [3.63, 3.8) is 0 Å². The van der Waals surface area contributed by atoms with Crippen LogP contribution in [0, 0.1) is 0 Å². The van der Waals surface area contributed by atoms with E-state index in [4.69, 9.17) is 4.74 Å². The van der Waals surface area contributed by atoms with Gasteiger partial charge in [-0.05, 0) is 24.6 Å². The number of carbonyl (C=O) groups excluding carboxylic acids is 1. The van der Waals surface area contributed by atoms with Gasteiger partial charge in [0.1, 0.15) is 5.75 Å². The van der Waals surface area contributed by atoms with Crippen LogP contribution in [0.4, 0.5) is 0 Å². The number of pyridine rings is 1. The Morgan fingerprint density at radius 1 is 1.29 bits per heavy atom. The number of benzene rings is 1. The molecule has 0 amide bonds. The first kappa shape index (κ1) is 11.6. The Morgan fingerprint density at radius 3 is 2.94 bits per heavy atom. The second-order valence-electron chi connectivity index (χ2n) is 3.89. The van der Waals surface area contributed by atoms with Crippen LogP contribution in [0.25, 0.3) is 10.8 Å². The highest BCUT2D eigenvalue weighted by Crippen LogP contribution is 2.27. The summed E-state index contributed by atoms with van der Waals surface area (Å²) in [7, 11) is 0. The smallest absolute Gasteiger partial charge is 0.150 e. The number of rotatable bonds is 5. The minimum absolute atomic E-state index is 0.649. The van der Waals surface area contributed by atoms with E-state index >= 15 is 0 Å². The third kappa shape index (κ3) is 2.44. The fourth-order valence-electron chi connectivity index (χ4n) is 1.74. The number of unbranched alkanes of at least 4 members (excludes halogenated alkanes) is 1. The Labute approximate surface area is 100 Å². The van der Waals surface area contributed by atoms with Crippen LogP contribution >= 0.6 is 0 Å². The summed E-state index contributed by atoms with van der Waals surface area (Å²) in [4.78, 5) is 15.0. The molecule has 0 aliphatic carbocycles. The first-order chi connectivity index (χ1) is 8.36. The van der Waals surface area contributed by atoms with Gasteiger partial charge in [0.05, 0.1) is 6.61 Å². The maximum Gasteiger partial charge on any atom is 0.150 e. The zero-order valence-electron chi connectivity index (χ0n) is 9.85. The number of hydrogen-bond donors (Lipinski definition) is 0. The maximum atomic E-state index is 10.9. The maximum absolute atomic E-state index is 10.9. The summed E-state index contributed by atoms with van der Waals surface area (Å²) >= 11 is 0. The molecule has 0 bridgehead atoms. The SMILES string of the molecule is CCCCOc1ccc(C=O)c2cnccc12. The van der Waals surface area contributed by atoms with Crippen LogP contribution in [0.5, 0.6) is 5.75 Å². The largest absolute Gasteiger partial charge is 0.493 e. The molecule has 0 atom stereocenters. The van der Waals surface area contributed by atoms with Crippen molar-refractivity contribution < 1.29 is 9.53 Å². The van der Waals surface area contributed by atoms with Crippen molar-refractivity contribution in [3.05, 3.63) is 36.2 Å². The third-order valence-electron chi connectivity index (χ3n) is 2.69. The third-order valence-corrected chi connectivity index (χ3v) is 2.69. The van der Waals surface area contributed by atoms with Crippen molar-refractivity contribution in [1.29, 1.82) is 0 Å². The minimum Gasteiger partial charge on any atom is -0.493 e. The van der Waals surface area contributed by atoms with E-state index in [2.05, 4.69) is 11.9 Å². The van der Waals surface area contributed by atoms with Crippen molar-refractivity contribution >= 4 is 17.1 Å². The predicted octanol–water partition coefficient (Wildman–Crippen LogP) is 3.23. The molecule has 0 spiro atoms. The zero-order valence-corrected chi connectivity index (χ0v) is 9.85. The second kappa shape index (κ2) is 5.43. The van der Waals surface area contributed by atoms with Gasteiger partial charge >= 0.3 is 0 Å². The van der Waals surface area contributed by atoms with Gasteiger partial charge < -0.3 is 4.74 Å². The molecule has 3 heteroatoms. The fraction of sp³-hybridized carbons (Fsp3) is 0.286. The Hall–Kier alpha value is -1.90. The molecule has 1 heterocycles. The molecule has 0 saturated heterocycles. The average Bonchev–Trinajstić information content (AvgIpc) is 2.39. The van der Waals surface area contributed by atoms with Crippen molar-refractivity contribution in [2.75, 3.05) is 6.61 Å². The average molecular weight is 229 g/mol. The van der Waals surface area contributed by atoms with Crippen molar-refractivity contribution in [2.45, 2.75) is 19.8 Å². The molecule has 0 aliphatic rings. The van der Waals surface area contributed by atoms with Crippen molar-refractivity contribution in [1.82, 2.24) is 4.98 Å². The first-order valence-electron chi connectivity index (χ1n) is 5.81. The van der Waals surface area contributed by atoms with Crippen LogP contribution in [-0.2, 0) is 0 Å². The monoisotopic (exact) mass is 229 g/mol. The van der Waals surface area contributed by atoms with E-state index < -0.39 is 0 Å². The van der Waals surface area contributed by atoms with E-state index in [1.165, 1.54) is 0 Å². The molecule has 0 unspecified atom stereocenters. The molecule has 0 N–H and O–H groups in total. The molecule has 17 heavy (non-hydrogen) atoms. The minimum atomic E-state index is 0.649. The Morgan fingerprint density at radius 2 is 2.18 bits per heavy atom. The number of ether oxygens (including phenoxy) is 1. The lowest BCUT2D eigenvalue weighted by Crippen LogP contribution is -1.98. The molecule has 3 nitrogen and oxygen atoms in total. The van der Waals surface area contributed by atoms with E-state index in [1.54, 1.807) is 18.5 Å². The molecule has 0 saturated carbocycles. The Bertz CT molecular complexity index is 523. The van der Waals surface area contributed by atoms with Gasteiger partial charge in [0, 0.05) is 28.7 Å². The van der Waals surface area contributed by atoms with Gasteiger partial charge in [0.2, 0.25) is 0 Å². The molecule has 1 aromatic carbocycles. The van der Waals surface area contributed by atoms with E-state index in [0.29, 0.717) is 12.2 Å². The van der Waals surface area contributed by atoms with Gasteiger partial charge in [-0.15, -0.1) is 0 Å². The number of aromatic nitrogens is 1. The van der Waals surface area contributed by atoms with Gasteiger partial charge in [-0.25, -0.2) is 0 Å². The fourth-order valence-corrected chi connectivity index (χ4v) is 1.74. The zero-order chi connectivity index (χ0) is 12.1. The summed E-state index contributed by atoms with van der Waals surface area (Å²) in [6.07, 6.45) is 6.39. The molecule has 0 aliphatic heterocycles. The lowest BCUT2D eigenvalue weighted by molar-refractivity contribution is 0.112. The van der Waals surface area contributed by atoms with E-state index in [0.717, 1.165) is 35.6 Å². The number of aldehydes is 1. The summed E-state index contributed by atoms with van der Waals surface area (Å²) in [6, 6.07) is 5.50. The summed E-state index contributed by atoms with van der Waals surface area (Å²) < 4.78 is 5.72. The van der Waals surface area contributed by atoms with Crippen molar-refractivity contribution in [3.8, 4) is 5.75 Å². The van der Waals surface area contributed by atoms with Crippen LogP contribution in [0.2, 0.25) is 0 Å². The van der Waals surface area contributed by atoms with Crippen LogP contribution in [0.3, 0.4) is 0 Å². The topological polar surface area (TPSA) is 39.2 Å².